The molecule has 0 aliphatic heterocycles. The van der Waals surface area contributed by atoms with Gasteiger partial charge in [0.15, 0.2) is 0 Å². The van der Waals surface area contributed by atoms with Gasteiger partial charge >= 0.3 is 59.1 Å². The van der Waals surface area contributed by atoms with Gasteiger partial charge in [0.1, 0.15) is 10.1 Å². The Morgan fingerprint density at radius 2 is 1.17 bits per heavy atom. The summed E-state index contributed by atoms with van der Waals surface area (Å²) in [7, 11) is -4.57. The molecule has 0 aliphatic carbocycles. The summed E-state index contributed by atoms with van der Waals surface area (Å²) in [5.41, 5.74) is 1.54. The zero-order valence-electron chi connectivity index (χ0n) is 22.3. The zero-order valence-corrected chi connectivity index (χ0v) is 28.0. The van der Waals surface area contributed by atoms with Gasteiger partial charge in [-0.1, -0.05) is 30.3 Å². The Hall–Kier alpha value is -2.30. The number of fused-ring (bicyclic) bond motifs is 2. The minimum absolute atomic E-state index is 0. The molecule has 42 heavy (non-hydrogen) atoms. The minimum Gasteiger partial charge on any atom is -0.744 e. The van der Waals surface area contributed by atoms with E-state index in [0.717, 1.165) is 22.8 Å². The van der Waals surface area contributed by atoms with E-state index < -0.39 is 21.9 Å². The Morgan fingerprint density at radius 1 is 0.667 bits per heavy atom. The number of anilines is 2. The zero-order chi connectivity index (χ0) is 28.3. The van der Waals surface area contributed by atoms with Gasteiger partial charge < -0.3 is 20.4 Å². The Balaban J connectivity index is 0.00000242. The SMILES string of the molecule is O=C(Nc1ccc2cc(SOO[O-])ccc2c1)c1cccc(C(=O)Nc2ccc3cc(S(=O)(=O)[O-])ccc3c2)c1.[Na+].[Na+]. The van der Waals surface area contributed by atoms with Crippen molar-refractivity contribution in [1.29, 1.82) is 0 Å². The number of nitrogens with one attached hydrogen (secondary N) is 2. The van der Waals surface area contributed by atoms with Gasteiger partial charge in [0.05, 0.1) is 16.9 Å². The van der Waals surface area contributed by atoms with Crippen LogP contribution < -0.4 is 75.0 Å². The fraction of sp³-hybridized carbons (Fsp3) is 0. The molecule has 10 nitrogen and oxygen atoms in total. The number of hydrogen-bond acceptors (Lipinski definition) is 9. The first-order chi connectivity index (χ1) is 19.2. The Bertz CT molecular complexity index is 1890. The molecule has 0 aliphatic rings. The molecule has 202 valence electrons. The van der Waals surface area contributed by atoms with E-state index in [2.05, 4.69) is 20.0 Å². The van der Waals surface area contributed by atoms with Crippen LogP contribution in [0.15, 0.2) is 107 Å². The van der Waals surface area contributed by atoms with Gasteiger partial charge in [-0.2, -0.15) is 4.33 Å². The van der Waals surface area contributed by atoms with Crippen LogP contribution >= 0.6 is 12.0 Å². The van der Waals surface area contributed by atoms with Crippen molar-refractivity contribution in [2.45, 2.75) is 9.79 Å². The molecule has 0 aromatic heterocycles. The molecule has 0 fully saturated rings. The van der Waals surface area contributed by atoms with Crippen LogP contribution in [0, 0.1) is 0 Å². The van der Waals surface area contributed by atoms with Gasteiger partial charge in [0, 0.05) is 27.4 Å². The summed E-state index contributed by atoms with van der Waals surface area (Å²) in [6.45, 7) is 0. The maximum absolute atomic E-state index is 12.9. The van der Waals surface area contributed by atoms with Gasteiger partial charge in [-0.15, -0.1) is 0 Å². The molecule has 0 heterocycles. The normalized spacial score (nSPS) is 10.9. The predicted molar refractivity (Wildman–Crippen MR) is 146 cm³/mol. The van der Waals surface area contributed by atoms with E-state index >= 15 is 0 Å². The van der Waals surface area contributed by atoms with Crippen LogP contribution in [-0.2, 0) is 19.5 Å². The molecule has 0 spiro atoms. The summed E-state index contributed by atoms with van der Waals surface area (Å²) in [6, 6.07) is 25.7. The standard InChI is InChI=1S/C28H20N2O8S2.2Na/c31-27(29-23-8-4-19-15-25(39-38-37-33)10-6-17(19)13-23)21-2-1-3-22(12-21)28(32)30-24-9-5-20-16-26(40(34,35)36)11-7-18(20)14-24;;/h1-16,33H,(H,29,31)(H,30,32)(H,34,35,36);;/q;2*+1/p-2. The molecule has 5 aromatic rings. The van der Waals surface area contributed by atoms with Crippen molar-refractivity contribution in [2.24, 2.45) is 0 Å². The van der Waals surface area contributed by atoms with Crippen LogP contribution in [0.3, 0.4) is 0 Å². The third-order valence-electron chi connectivity index (χ3n) is 5.97. The molecule has 5 rings (SSSR count). The van der Waals surface area contributed by atoms with Crippen molar-refractivity contribution >= 4 is 66.9 Å². The van der Waals surface area contributed by atoms with E-state index in [1.807, 2.05) is 6.07 Å². The topological polar surface area (TPSA) is 157 Å². The van der Waals surface area contributed by atoms with E-state index in [-0.39, 0.29) is 75.1 Å². The number of hydrogen-bond donors (Lipinski definition) is 2. The minimum atomic E-state index is -4.57. The molecule has 0 radical (unpaired) electrons. The predicted octanol–water partition coefficient (Wildman–Crippen LogP) is -1.36. The molecule has 5 aromatic carbocycles. The summed E-state index contributed by atoms with van der Waals surface area (Å²) in [5.74, 6) is -0.851. The van der Waals surface area contributed by atoms with E-state index in [9.17, 15) is 27.8 Å². The maximum atomic E-state index is 12.9. The van der Waals surface area contributed by atoms with Crippen LogP contribution in [-0.4, -0.2) is 24.8 Å². The molecule has 0 atom stereocenters. The number of rotatable bonds is 8. The summed E-state index contributed by atoms with van der Waals surface area (Å²) in [4.78, 5) is 26.2. The van der Waals surface area contributed by atoms with Crippen molar-refractivity contribution in [1.82, 2.24) is 0 Å². The molecular weight excluding hydrogens is 602 g/mol. The first-order valence-electron chi connectivity index (χ1n) is 11.6. The van der Waals surface area contributed by atoms with Gasteiger partial charge in [0.2, 0.25) is 0 Å². The first kappa shape index (κ1) is 34.2. The number of carbonyl (C=O) groups excluding carboxylic acids is 2. The van der Waals surface area contributed by atoms with Gasteiger partial charge in [0.25, 0.3) is 11.8 Å². The smallest absolute Gasteiger partial charge is 0.744 e. The molecule has 0 saturated heterocycles. The van der Waals surface area contributed by atoms with Crippen molar-refractivity contribution in [3.8, 4) is 0 Å². The van der Waals surface area contributed by atoms with Crippen molar-refractivity contribution < 1.29 is 96.3 Å². The van der Waals surface area contributed by atoms with Crippen molar-refractivity contribution in [3.63, 3.8) is 0 Å². The second kappa shape index (κ2) is 14.9. The van der Waals surface area contributed by atoms with Crippen LogP contribution in [0.5, 0.6) is 0 Å². The van der Waals surface area contributed by atoms with E-state index in [1.165, 1.54) is 24.3 Å². The first-order valence-corrected chi connectivity index (χ1v) is 13.7. The molecule has 0 unspecified atom stereocenters. The molecule has 2 N–H and O–H groups in total. The van der Waals surface area contributed by atoms with Gasteiger partial charge in [-0.05, 0) is 88.3 Å². The monoisotopic (exact) mass is 620 g/mol. The number of carbonyl (C=O) groups is 2. The molecule has 0 bridgehead atoms. The van der Waals surface area contributed by atoms with Crippen LogP contribution in [0.2, 0.25) is 0 Å². The Kier molecular flexibility index (Phi) is 12.2. The fourth-order valence-electron chi connectivity index (χ4n) is 4.07. The van der Waals surface area contributed by atoms with Crippen molar-refractivity contribution in [3.05, 3.63) is 108 Å². The summed E-state index contributed by atoms with van der Waals surface area (Å²) < 4.78 is 38.1. The largest absolute Gasteiger partial charge is 1.00 e. The van der Waals surface area contributed by atoms with Crippen LogP contribution in [0.1, 0.15) is 20.7 Å². The van der Waals surface area contributed by atoms with Crippen LogP contribution in [0.4, 0.5) is 11.4 Å². The number of benzene rings is 5. The quantitative estimate of drug-likeness (QED) is 0.0703. The average molecular weight is 621 g/mol. The van der Waals surface area contributed by atoms with Crippen LogP contribution in [0.25, 0.3) is 21.5 Å². The van der Waals surface area contributed by atoms with Crippen molar-refractivity contribution in [2.75, 3.05) is 10.6 Å². The summed E-state index contributed by atoms with van der Waals surface area (Å²) in [5, 5.41) is 21.8. The van der Waals surface area contributed by atoms with E-state index in [4.69, 9.17) is 0 Å². The Morgan fingerprint density at radius 3 is 1.71 bits per heavy atom. The second-order valence-corrected chi connectivity index (χ2v) is 10.8. The maximum Gasteiger partial charge on any atom is 1.00 e. The van der Waals surface area contributed by atoms with E-state index in [1.54, 1.807) is 66.7 Å². The second-order valence-electron chi connectivity index (χ2n) is 8.61. The average Bonchev–Trinajstić information content (AvgIpc) is 2.95. The van der Waals surface area contributed by atoms with E-state index in [0.29, 0.717) is 27.0 Å². The molecular formula is C28H18N2Na2O8S2. The molecule has 14 heteroatoms. The summed E-state index contributed by atoms with van der Waals surface area (Å²) >= 11 is 0.785. The van der Waals surface area contributed by atoms with Gasteiger partial charge in [-0.25, -0.2) is 8.42 Å². The third-order valence-corrected chi connectivity index (χ3v) is 7.37. The van der Waals surface area contributed by atoms with Gasteiger partial charge in [-0.3, -0.25) is 14.6 Å². The fourth-order valence-corrected chi connectivity index (χ4v) is 4.98. The number of amides is 2. The molecule has 0 saturated carbocycles. The Labute approximate surface area is 289 Å². The summed E-state index contributed by atoms with van der Waals surface area (Å²) in [6.07, 6.45) is 0. The molecule has 2 amide bonds. The third kappa shape index (κ3) is 8.41.